The lowest BCUT2D eigenvalue weighted by molar-refractivity contribution is -0.385. The lowest BCUT2D eigenvalue weighted by Gasteiger charge is -2.02. The van der Waals surface area contributed by atoms with E-state index < -0.39 is 16.5 Å². The van der Waals surface area contributed by atoms with E-state index in [2.05, 4.69) is 15.4 Å². The third-order valence-corrected chi connectivity index (χ3v) is 3.55. The van der Waals surface area contributed by atoms with Crippen molar-refractivity contribution in [2.45, 2.75) is 13.5 Å². The standard InChI is InChI=1S/C16H12FN5O3/c1-10-5-6-11(8-14(10)22(24)25)15(23)9-21-19-16(18-20-21)12-3-2-4-13(17)7-12/h2-8H,9H2,1H3. The van der Waals surface area contributed by atoms with Crippen LogP contribution in [0.4, 0.5) is 10.1 Å². The van der Waals surface area contributed by atoms with E-state index >= 15 is 0 Å². The third kappa shape index (κ3) is 3.55. The highest BCUT2D eigenvalue weighted by Gasteiger charge is 2.16. The maximum Gasteiger partial charge on any atom is 0.273 e. The number of nitro benzene ring substituents is 1. The lowest BCUT2D eigenvalue weighted by Crippen LogP contribution is -2.13. The topological polar surface area (TPSA) is 104 Å². The lowest BCUT2D eigenvalue weighted by atomic mass is 10.1. The number of aryl methyl sites for hydroxylation is 1. The molecule has 8 nitrogen and oxygen atoms in total. The van der Waals surface area contributed by atoms with Crippen molar-refractivity contribution in [3.63, 3.8) is 0 Å². The Bertz CT molecular complexity index is 970. The Morgan fingerprint density at radius 1 is 1.28 bits per heavy atom. The molecule has 0 atom stereocenters. The van der Waals surface area contributed by atoms with E-state index in [0.29, 0.717) is 11.1 Å². The summed E-state index contributed by atoms with van der Waals surface area (Å²) in [6.07, 6.45) is 0. The maximum atomic E-state index is 13.2. The molecule has 1 aromatic heterocycles. The van der Waals surface area contributed by atoms with Crippen molar-refractivity contribution in [2.24, 2.45) is 0 Å². The van der Waals surface area contributed by atoms with Crippen LogP contribution in [0.1, 0.15) is 15.9 Å². The van der Waals surface area contributed by atoms with E-state index in [9.17, 15) is 19.3 Å². The van der Waals surface area contributed by atoms with E-state index in [4.69, 9.17) is 0 Å². The first-order chi connectivity index (χ1) is 11.9. The van der Waals surface area contributed by atoms with E-state index in [-0.39, 0.29) is 23.6 Å². The zero-order chi connectivity index (χ0) is 18.0. The van der Waals surface area contributed by atoms with Gasteiger partial charge in [-0.2, -0.15) is 4.80 Å². The zero-order valence-electron chi connectivity index (χ0n) is 13.1. The Kier molecular flexibility index (Phi) is 4.29. The minimum absolute atomic E-state index is 0.127. The van der Waals surface area contributed by atoms with Gasteiger partial charge in [-0.3, -0.25) is 14.9 Å². The summed E-state index contributed by atoms with van der Waals surface area (Å²) in [5.74, 6) is -0.648. The second kappa shape index (κ2) is 6.56. The van der Waals surface area contributed by atoms with Gasteiger partial charge in [0.15, 0.2) is 5.78 Å². The van der Waals surface area contributed by atoms with Gasteiger partial charge in [0.1, 0.15) is 12.4 Å². The van der Waals surface area contributed by atoms with Gasteiger partial charge in [0.25, 0.3) is 5.69 Å². The summed E-state index contributed by atoms with van der Waals surface area (Å²) in [5.41, 5.74) is 0.957. The Morgan fingerprint density at radius 2 is 2.08 bits per heavy atom. The molecule has 3 rings (SSSR count). The van der Waals surface area contributed by atoms with E-state index in [1.54, 1.807) is 13.0 Å². The predicted molar refractivity (Wildman–Crippen MR) is 85.4 cm³/mol. The van der Waals surface area contributed by atoms with Gasteiger partial charge >= 0.3 is 0 Å². The molecule has 0 bridgehead atoms. The van der Waals surface area contributed by atoms with Crippen molar-refractivity contribution >= 4 is 11.5 Å². The predicted octanol–water partition coefficient (Wildman–Crippen LogP) is 2.58. The fourth-order valence-electron chi connectivity index (χ4n) is 2.25. The van der Waals surface area contributed by atoms with Crippen molar-refractivity contribution in [3.05, 3.63) is 69.5 Å². The number of nitro groups is 1. The number of halogens is 1. The van der Waals surface area contributed by atoms with Gasteiger partial charge < -0.3 is 0 Å². The van der Waals surface area contributed by atoms with Crippen molar-refractivity contribution < 1.29 is 14.1 Å². The van der Waals surface area contributed by atoms with Gasteiger partial charge in [-0.15, -0.1) is 10.2 Å². The zero-order valence-corrected chi connectivity index (χ0v) is 13.1. The van der Waals surface area contributed by atoms with E-state index in [1.807, 2.05) is 0 Å². The number of tetrazole rings is 1. The molecule has 0 aliphatic carbocycles. The molecular formula is C16H12FN5O3. The molecule has 25 heavy (non-hydrogen) atoms. The van der Waals surface area contributed by atoms with Gasteiger partial charge in [-0.25, -0.2) is 4.39 Å². The summed E-state index contributed by atoms with van der Waals surface area (Å²) < 4.78 is 13.2. The summed E-state index contributed by atoms with van der Waals surface area (Å²) in [6.45, 7) is 1.36. The van der Waals surface area contributed by atoms with Crippen LogP contribution >= 0.6 is 0 Å². The van der Waals surface area contributed by atoms with Gasteiger partial charge in [-0.1, -0.05) is 24.3 Å². The minimum Gasteiger partial charge on any atom is -0.292 e. The molecule has 0 radical (unpaired) electrons. The fraction of sp³-hybridized carbons (Fsp3) is 0.125. The highest BCUT2D eigenvalue weighted by Crippen LogP contribution is 2.20. The average Bonchev–Trinajstić information content (AvgIpc) is 3.03. The highest BCUT2D eigenvalue weighted by atomic mass is 19.1. The Labute approximate surface area is 141 Å². The number of hydrogen-bond acceptors (Lipinski definition) is 6. The second-order valence-electron chi connectivity index (χ2n) is 5.34. The molecule has 126 valence electrons. The number of aromatic nitrogens is 4. The molecule has 0 fully saturated rings. The number of Topliss-reactive ketones (excluding diaryl/α,β-unsaturated/α-hetero) is 1. The van der Waals surface area contributed by atoms with Crippen LogP contribution in [0.5, 0.6) is 0 Å². The number of carbonyl (C=O) groups excluding carboxylic acids is 1. The quantitative estimate of drug-likeness (QED) is 0.401. The van der Waals surface area contributed by atoms with Crippen LogP contribution in [0, 0.1) is 22.9 Å². The molecule has 0 aliphatic heterocycles. The smallest absolute Gasteiger partial charge is 0.273 e. The first-order valence-electron chi connectivity index (χ1n) is 7.26. The second-order valence-corrected chi connectivity index (χ2v) is 5.34. The van der Waals surface area contributed by atoms with Crippen LogP contribution in [0.3, 0.4) is 0 Å². The molecule has 0 saturated heterocycles. The number of hydrogen-bond donors (Lipinski definition) is 0. The molecule has 1 heterocycles. The van der Waals surface area contributed by atoms with Crippen LogP contribution in [0.15, 0.2) is 42.5 Å². The van der Waals surface area contributed by atoms with Crippen LogP contribution in [-0.4, -0.2) is 30.9 Å². The summed E-state index contributed by atoms with van der Waals surface area (Å²) >= 11 is 0. The summed E-state index contributed by atoms with van der Waals surface area (Å²) in [5, 5.41) is 22.6. The van der Waals surface area contributed by atoms with Crippen LogP contribution in [0.25, 0.3) is 11.4 Å². The number of benzene rings is 2. The highest BCUT2D eigenvalue weighted by molar-refractivity contribution is 5.96. The van der Waals surface area contributed by atoms with Crippen molar-refractivity contribution in [2.75, 3.05) is 0 Å². The Balaban J connectivity index is 1.80. The van der Waals surface area contributed by atoms with Crippen molar-refractivity contribution in [1.82, 2.24) is 20.2 Å². The maximum absolute atomic E-state index is 13.2. The SMILES string of the molecule is Cc1ccc(C(=O)Cn2nnc(-c3cccc(F)c3)n2)cc1[N+](=O)[O-]. The van der Waals surface area contributed by atoms with E-state index in [1.165, 1.54) is 36.4 Å². The van der Waals surface area contributed by atoms with Crippen molar-refractivity contribution in [1.29, 1.82) is 0 Å². The molecule has 3 aromatic rings. The van der Waals surface area contributed by atoms with Gasteiger partial charge in [0, 0.05) is 22.8 Å². The molecule has 0 N–H and O–H groups in total. The molecular weight excluding hydrogens is 329 g/mol. The normalized spacial score (nSPS) is 10.6. The van der Waals surface area contributed by atoms with Crippen LogP contribution in [-0.2, 0) is 6.54 Å². The minimum atomic E-state index is -0.540. The molecule has 9 heteroatoms. The van der Waals surface area contributed by atoms with Crippen LogP contribution in [0.2, 0.25) is 0 Å². The molecule has 0 spiro atoms. The Morgan fingerprint density at radius 3 is 2.80 bits per heavy atom. The molecule has 0 unspecified atom stereocenters. The van der Waals surface area contributed by atoms with Crippen LogP contribution < -0.4 is 0 Å². The average molecular weight is 341 g/mol. The summed E-state index contributed by atoms with van der Waals surface area (Å²) in [7, 11) is 0. The molecule has 0 aliphatic rings. The fourth-order valence-corrected chi connectivity index (χ4v) is 2.25. The number of ketones is 1. The molecule has 2 aromatic carbocycles. The monoisotopic (exact) mass is 341 g/mol. The van der Waals surface area contributed by atoms with Crippen molar-refractivity contribution in [3.8, 4) is 11.4 Å². The molecule has 0 amide bonds. The number of rotatable bonds is 5. The third-order valence-electron chi connectivity index (χ3n) is 3.55. The first kappa shape index (κ1) is 16.4. The largest absolute Gasteiger partial charge is 0.292 e. The summed E-state index contributed by atoms with van der Waals surface area (Å²) in [4.78, 5) is 23.8. The van der Waals surface area contributed by atoms with E-state index in [0.717, 1.165) is 4.80 Å². The van der Waals surface area contributed by atoms with Gasteiger partial charge in [0.2, 0.25) is 5.82 Å². The van der Waals surface area contributed by atoms with Gasteiger partial charge in [-0.05, 0) is 24.3 Å². The Hall–Kier alpha value is -3.49. The first-order valence-corrected chi connectivity index (χ1v) is 7.26. The molecule has 0 saturated carbocycles. The van der Waals surface area contributed by atoms with Gasteiger partial charge in [0.05, 0.1) is 4.92 Å². The number of carbonyl (C=O) groups is 1. The number of nitrogens with zero attached hydrogens (tertiary/aromatic N) is 5. The summed E-state index contributed by atoms with van der Waals surface area (Å²) in [6, 6.07) is 9.93.